The fraction of sp³-hybridized carbons (Fsp3) is 0.200. The van der Waals surface area contributed by atoms with Gasteiger partial charge in [0.05, 0.1) is 4.47 Å². The standard InChI is InChI=1S/C15H15BrClNO/c1-10-2-5-15(13(16)8-10)19-12-4-3-11(6-7-18)14(17)9-12/h2-5,8-9H,6-7,18H2,1H3. The van der Waals surface area contributed by atoms with Gasteiger partial charge in [-0.05, 0) is 71.2 Å². The van der Waals surface area contributed by atoms with Gasteiger partial charge >= 0.3 is 0 Å². The van der Waals surface area contributed by atoms with Gasteiger partial charge in [0.15, 0.2) is 0 Å². The van der Waals surface area contributed by atoms with E-state index in [-0.39, 0.29) is 0 Å². The van der Waals surface area contributed by atoms with Gasteiger partial charge in [0.25, 0.3) is 0 Å². The first-order valence-electron chi connectivity index (χ1n) is 6.02. The van der Waals surface area contributed by atoms with Crippen LogP contribution in [-0.2, 0) is 6.42 Å². The lowest BCUT2D eigenvalue weighted by Crippen LogP contribution is -2.03. The Balaban J connectivity index is 2.21. The predicted molar refractivity (Wildman–Crippen MR) is 83.2 cm³/mol. The zero-order valence-electron chi connectivity index (χ0n) is 10.6. The summed E-state index contributed by atoms with van der Waals surface area (Å²) in [6.07, 6.45) is 0.771. The van der Waals surface area contributed by atoms with Gasteiger partial charge < -0.3 is 10.5 Å². The maximum atomic E-state index is 6.19. The maximum Gasteiger partial charge on any atom is 0.141 e. The summed E-state index contributed by atoms with van der Waals surface area (Å²) in [5, 5.41) is 0.686. The van der Waals surface area contributed by atoms with E-state index in [1.54, 1.807) is 0 Å². The van der Waals surface area contributed by atoms with Crippen LogP contribution in [0.3, 0.4) is 0 Å². The Kier molecular flexibility index (Phi) is 4.86. The fourth-order valence-corrected chi connectivity index (χ4v) is 2.60. The van der Waals surface area contributed by atoms with Crippen LogP contribution in [-0.4, -0.2) is 6.54 Å². The van der Waals surface area contributed by atoms with Crippen molar-refractivity contribution in [3.63, 3.8) is 0 Å². The van der Waals surface area contributed by atoms with E-state index < -0.39 is 0 Å². The van der Waals surface area contributed by atoms with Crippen molar-refractivity contribution in [2.75, 3.05) is 6.54 Å². The van der Waals surface area contributed by atoms with Crippen molar-refractivity contribution in [3.8, 4) is 11.5 Å². The third-order valence-corrected chi connectivity index (χ3v) is 3.72. The molecule has 0 aliphatic heterocycles. The van der Waals surface area contributed by atoms with E-state index in [0.29, 0.717) is 11.6 Å². The van der Waals surface area contributed by atoms with E-state index >= 15 is 0 Å². The highest BCUT2D eigenvalue weighted by atomic mass is 79.9. The number of halogens is 2. The summed E-state index contributed by atoms with van der Waals surface area (Å²) < 4.78 is 6.74. The SMILES string of the molecule is Cc1ccc(Oc2ccc(CCN)c(Cl)c2)c(Br)c1. The molecule has 0 bridgehead atoms. The third kappa shape index (κ3) is 3.72. The van der Waals surface area contributed by atoms with E-state index in [4.69, 9.17) is 22.1 Å². The molecule has 0 aliphatic rings. The molecule has 2 aromatic rings. The first-order chi connectivity index (χ1) is 9.10. The summed E-state index contributed by atoms with van der Waals surface area (Å²) in [6, 6.07) is 11.6. The second-order valence-corrected chi connectivity index (χ2v) is 5.59. The van der Waals surface area contributed by atoms with Gasteiger partial charge in [-0.25, -0.2) is 0 Å². The van der Waals surface area contributed by atoms with Crippen molar-refractivity contribution < 1.29 is 4.74 Å². The largest absolute Gasteiger partial charge is 0.456 e. The summed E-state index contributed by atoms with van der Waals surface area (Å²) in [7, 11) is 0. The monoisotopic (exact) mass is 339 g/mol. The minimum absolute atomic E-state index is 0.587. The summed E-state index contributed by atoms with van der Waals surface area (Å²) >= 11 is 9.68. The molecule has 2 aromatic carbocycles. The molecular weight excluding hydrogens is 326 g/mol. The minimum Gasteiger partial charge on any atom is -0.456 e. The van der Waals surface area contributed by atoms with Crippen molar-refractivity contribution in [1.82, 2.24) is 0 Å². The summed E-state index contributed by atoms with van der Waals surface area (Å²) in [6.45, 7) is 2.62. The molecule has 0 aromatic heterocycles. The van der Waals surface area contributed by atoms with Crippen LogP contribution < -0.4 is 10.5 Å². The molecule has 0 fully saturated rings. The number of hydrogen-bond donors (Lipinski definition) is 1. The molecule has 2 nitrogen and oxygen atoms in total. The lowest BCUT2D eigenvalue weighted by Gasteiger charge is -2.10. The van der Waals surface area contributed by atoms with Gasteiger partial charge in [-0.3, -0.25) is 0 Å². The Morgan fingerprint density at radius 2 is 2.00 bits per heavy atom. The van der Waals surface area contributed by atoms with Gasteiger partial charge in [0.2, 0.25) is 0 Å². The van der Waals surface area contributed by atoms with Gasteiger partial charge in [-0.1, -0.05) is 23.7 Å². The summed E-state index contributed by atoms with van der Waals surface area (Å²) in [4.78, 5) is 0. The molecule has 4 heteroatoms. The van der Waals surface area contributed by atoms with E-state index in [1.807, 2.05) is 43.3 Å². The van der Waals surface area contributed by atoms with Crippen molar-refractivity contribution in [3.05, 3.63) is 57.0 Å². The van der Waals surface area contributed by atoms with Gasteiger partial charge in [-0.15, -0.1) is 0 Å². The van der Waals surface area contributed by atoms with Crippen LogP contribution in [0, 0.1) is 6.92 Å². The lowest BCUT2D eigenvalue weighted by molar-refractivity contribution is 0.479. The number of nitrogens with two attached hydrogens (primary N) is 1. The molecule has 0 amide bonds. The molecule has 0 spiro atoms. The van der Waals surface area contributed by atoms with Crippen LogP contribution in [0.2, 0.25) is 5.02 Å². The highest BCUT2D eigenvalue weighted by Crippen LogP contribution is 2.32. The molecule has 0 heterocycles. The van der Waals surface area contributed by atoms with Gasteiger partial charge in [0, 0.05) is 5.02 Å². The third-order valence-electron chi connectivity index (χ3n) is 2.75. The molecule has 0 aliphatic carbocycles. The first-order valence-corrected chi connectivity index (χ1v) is 7.20. The fourth-order valence-electron chi connectivity index (χ4n) is 1.77. The molecule has 0 saturated carbocycles. The van der Waals surface area contributed by atoms with Crippen molar-refractivity contribution in [2.24, 2.45) is 5.73 Å². The van der Waals surface area contributed by atoms with E-state index in [1.165, 1.54) is 5.56 Å². The number of ether oxygens (including phenoxy) is 1. The number of benzene rings is 2. The van der Waals surface area contributed by atoms with E-state index in [9.17, 15) is 0 Å². The Labute approximate surface area is 126 Å². The zero-order chi connectivity index (χ0) is 13.8. The summed E-state index contributed by atoms with van der Waals surface area (Å²) in [5.74, 6) is 1.49. The average Bonchev–Trinajstić information content (AvgIpc) is 2.36. The Bertz CT molecular complexity index is 586. The normalized spacial score (nSPS) is 10.5. The van der Waals surface area contributed by atoms with Crippen LogP contribution in [0.5, 0.6) is 11.5 Å². The molecule has 0 unspecified atom stereocenters. The molecule has 0 saturated heterocycles. The molecule has 2 rings (SSSR count). The topological polar surface area (TPSA) is 35.2 Å². The Morgan fingerprint density at radius 3 is 2.63 bits per heavy atom. The van der Waals surface area contributed by atoms with Crippen LogP contribution in [0.25, 0.3) is 0 Å². The smallest absolute Gasteiger partial charge is 0.141 e. The van der Waals surface area contributed by atoms with Crippen molar-refractivity contribution in [1.29, 1.82) is 0 Å². The number of aryl methyl sites for hydroxylation is 1. The molecular formula is C15H15BrClNO. The molecule has 19 heavy (non-hydrogen) atoms. The Morgan fingerprint density at radius 1 is 1.21 bits per heavy atom. The van der Waals surface area contributed by atoms with E-state index in [2.05, 4.69) is 15.9 Å². The zero-order valence-corrected chi connectivity index (χ0v) is 13.0. The van der Waals surface area contributed by atoms with Crippen molar-refractivity contribution in [2.45, 2.75) is 13.3 Å². The quantitative estimate of drug-likeness (QED) is 0.875. The first kappa shape index (κ1) is 14.4. The summed E-state index contributed by atoms with van der Waals surface area (Å²) in [5.41, 5.74) is 7.75. The number of rotatable bonds is 4. The molecule has 0 radical (unpaired) electrons. The second kappa shape index (κ2) is 6.42. The van der Waals surface area contributed by atoms with Crippen LogP contribution in [0.15, 0.2) is 40.9 Å². The Hall–Kier alpha value is -1.03. The molecule has 0 atom stereocenters. The van der Waals surface area contributed by atoms with Crippen molar-refractivity contribution >= 4 is 27.5 Å². The van der Waals surface area contributed by atoms with Crippen LogP contribution in [0.4, 0.5) is 0 Å². The van der Waals surface area contributed by atoms with Gasteiger partial charge in [0.1, 0.15) is 11.5 Å². The number of hydrogen-bond acceptors (Lipinski definition) is 2. The minimum atomic E-state index is 0.587. The van der Waals surface area contributed by atoms with E-state index in [0.717, 1.165) is 28.0 Å². The van der Waals surface area contributed by atoms with Crippen LogP contribution in [0.1, 0.15) is 11.1 Å². The van der Waals surface area contributed by atoms with Crippen LogP contribution >= 0.6 is 27.5 Å². The second-order valence-electron chi connectivity index (χ2n) is 4.33. The highest BCUT2D eigenvalue weighted by molar-refractivity contribution is 9.10. The lowest BCUT2D eigenvalue weighted by atomic mass is 10.1. The predicted octanol–water partition coefficient (Wildman–Crippen LogP) is 4.70. The highest BCUT2D eigenvalue weighted by Gasteiger charge is 2.06. The molecule has 2 N–H and O–H groups in total. The molecule has 100 valence electrons. The average molecular weight is 341 g/mol. The maximum absolute atomic E-state index is 6.19. The van der Waals surface area contributed by atoms with Gasteiger partial charge in [-0.2, -0.15) is 0 Å².